The smallest absolute Gasteiger partial charge is 0.307 e. The average Bonchev–Trinajstić information content (AvgIpc) is 2.69. The van der Waals surface area contributed by atoms with Crippen LogP contribution in [0.4, 0.5) is 8.78 Å². The fraction of sp³-hybridized carbons (Fsp3) is 0.350. The molecule has 6 nitrogen and oxygen atoms in total. The van der Waals surface area contributed by atoms with E-state index in [9.17, 15) is 23.5 Å². The number of likely N-dealkylation sites (tertiary alicyclic amines) is 1. The van der Waals surface area contributed by atoms with Crippen molar-refractivity contribution in [2.45, 2.75) is 19.5 Å². The van der Waals surface area contributed by atoms with Gasteiger partial charge >= 0.3 is 5.97 Å². The van der Waals surface area contributed by atoms with Crippen LogP contribution < -0.4 is 5.32 Å². The summed E-state index contributed by atoms with van der Waals surface area (Å²) in [6.07, 6.45) is 3.50. The molecule has 0 bridgehead atoms. The van der Waals surface area contributed by atoms with Gasteiger partial charge in [-0.15, -0.1) is 0 Å². The summed E-state index contributed by atoms with van der Waals surface area (Å²) >= 11 is 0. The normalized spacial score (nSPS) is 19.9. The summed E-state index contributed by atoms with van der Waals surface area (Å²) in [5, 5.41) is 12.2. The molecule has 1 aliphatic rings. The minimum Gasteiger partial charge on any atom is -0.481 e. The Hall–Kier alpha value is -2.87. The Kier molecular flexibility index (Phi) is 6.30. The summed E-state index contributed by atoms with van der Waals surface area (Å²) in [6, 6.07) is 6.90. The number of hydrogen-bond donors (Lipinski definition) is 2. The Morgan fingerprint density at radius 2 is 2.00 bits per heavy atom. The van der Waals surface area contributed by atoms with Crippen molar-refractivity contribution in [2.24, 2.45) is 11.8 Å². The minimum atomic E-state index is -0.991. The van der Waals surface area contributed by atoms with Crippen molar-refractivity contribution >= 4 is 11.9 Å². The van der Waals surface area contributed by atoms with Crippen LogP contribution in [0.3, 0.4) is 0 Å². The van der Waals surface area contributed by atoms with Crippen LogP contribution in [-0.4, -0.2) is 40.0 Å². The first-order valence-electron chi connectivity index (χ1n) is 8.98. The lowest BCUT2D eigenvalue weighted by Crippen LogP contribution is -2.47. The van der Waals surface area contributed by atoms with E-state index in [4.69, 9.17) is 0 Å². The number of carbonyl (C=O) groups excluding carboxylic acids is 1. The third-order valence-corrected chi connectivity index (χ3v) is 4.84. The zero-order valence-corrected chi connectivity index (χ0v) is 15.1. The molecule has 2 aromatic rings. The van der Waals surface area contributed by atoms with Crippen molar-refractivity contribution in [1.82, 2.24) is 15.2 Å². The number of nitrogens with one attached hydrogen (secondary N) is 1. The van der Waals surface area contributed by atoms with E-state index in [1.54, 1.807) is 23.4 Å². The first kappa shape index (κ1) is 19.9. The number of pyridine rings is 1. The van der Waals surface area contributed by atoms with E-state index in [0.29, 0.717) is 13.1 Å². The summed E-state index contributed by atoms with van der Waals surface area (Å²) < 4.78 is 27.1. The number of carboxylic acids is 1. The van der Waals surface area contributed by atoms with Gasteiger partial charge in [0.05, 0.1) is 11.8 Å². The van der Waals surface area contributed by atoms with E-state index in [2.05, 4.69) is 10.3 Å². The first-order valence-corrected chi connectivity index (χ1v) is 8.98. The molecule has 1 aromatic carbocycles. The number of aliphatic carboxylic acids is 1. The molecule has 1 saturated heterocycles. The van der Waals surface area contributed by atoms with Crippen LogP contribution >= 0.6 is 0 Å². The van der Waals surface area contributed by atoms with Crippen LogP contribution in [0.15, 0.2) is 42.7 Å². The number of rotatable bonds is 6. The van der Waals surface area contributed by atoms with Gasteiger partial charge in [0, 0.05) is 50.2 Å². The van der Waals surface area contributed by atoms with Gasteiger partial charge in [0.2, 0.25) is 5.91 Å². The van der Waals surface area contributed by atoms with E-state index >= 15 is 0 Å². The van der Waals surface area contributed by atoms with Crippen LogP contribution in [0.5, 0.6) is 0 Å². The van der Waals surface area contributed by atoms with E-state index in [0.717, 1.165) is 17.7 Å². The Morgan fingerprint density at radius 3 is 2.68 bits per heavy atom. The van der Waals surface area contributed by atoms with E-state index in [-0.39, 0.29) is 31.0 Å². The fourth-order valence-corrected chi connectivity index (χ4v) is 3.42. The Bertz CT molecular complexity index is 848. The van der Waals surface area contributed by atoms with Crippen LogP contribution in [0, 0.1) is 23.5 Å². The highest BCUT2D eigenvalue weighted by atomic mass is 19.1. The SMILES string of the molecule is O=C(O)[C@H]1C[C@H](C(=O)NCc2cccnc2)CN(Cc2ccc(F)cc2F)C1. The molecule has 0 saturated carbocycles. The number of carboxylic acid groups (broad SMARTS) is 1. The van der Waals surface area contributed by atoms with Crippen LogP contribution in [0.1, 0.15) is 17.5 Å². The summed E-state index contributed by atoms with van der Waals surface area (Å²) in [7, 11) is 0. The van der Waals surface area contributed by atoms with E-state index in [1.807, 2.05) is 6.07 Å². The summed E-state index contributed by atoms with van der Waals surface area (Å²) in [5.74, 6) is -3.86. The van der Waals surface area contributed by atoms with Crippen molar-refractivity contribution < 1.29 is 23.5 Å². The van der Waals surface area contributed by atoms with Gasteiger partial charge in [0.1, 0.15) is 11.6 Å². The molecule has 148 valence electrons. The second kappa shape index (κ2) is 8.88. The molecule has 0 unspecified atom stereocenters. The molecule has 28 heavy (non-hydrogen) atoms. The first-order chi connectivity index (χ1) is 13.4. The van der Waals surface area contributed by atoms with Gasteiger partial charge in [-0.1, -0.05) is 12.1 Å². The molecule has 0 aliphatic carbocycles. The number of hydrogen-bond acceptors (Lipinski definition) is 4. The molecule has 1 fully saturated rings. The maximum absolute atomic E-state index is 14.0. The van der Waals surface area contributed by atoms with Gasteiger partial charge < -0.3 is 10.4 Å². The fourth-order valence-electron chi connectivity index (χ4n) is 3.42. The van der Waals surface area contributed by atoms with Gasteiger partial charge in [-0.25, -0.2) is 8.78 Å². The second-order valence-electron chi connectivity index (χ2n) is 6.98. The Labute approximate surface area is 161 Å². The molecule has 3 rings (SSSR count). The van der Waals surface area contributed by atoms with Crippen molar-refractivity contribution in [1.29, 1.82) is 0 Å². The molecule has 0 radical (unpaired) electrons. The number of nitrogens with zero attached hydrogens (tertiary/aromatic N) is 2. The van der Waals surface area contributed by atoms with E-state index in [1.165, 1.54) is 6.07 Å². The van der Waals surface area contributed by atoms with Gasteiger partial charge in [-0.3, -0.25) is 19.5 Å². The number of piperidine rings is 1. The zero-order valence-electron chi connectivity index (χ0n) is 15.1. The highest BCUT2D eigenvalue weighted by Gasteiger charge is 2.35. The molecule has 2 N–H and O–H groups in total. The van der Waals surface area contributed by atoms with Crippen molar-refractivity contribution in [3.05, 3.63) is 65.5 Å². The maximum Gasteiger partial charge on any atom is 0.307 e. The maximum atomic E-state index is 14.0. The van der Waals surface area contributed by atoms with Crippen molar-refractivity contribution in [2.75, 3.05) is 13.1 Å². The number of benzene rings is 1. The highest BCUT2D eigenvalue weighted by molar-refractivity contribution is 5.80. The molecule has 2 heterocycles. The van der Waals surface area contributed by atoms with Crippen LogP contribution in [0.25, 0.3) is 0 Å². The molecule has 0 spiro atoms. The Morgan fingerprint density at radius 1 is 1.21 bits per heavy atom. The predicted octanol–water partition coefficient (Wildman–Crippen LogP) is 2.20. The molecule has 1 aromatic heterocycles. The highest BCUT2D eigenvalue weighted by Crippen LogP contribution is 2.25. The molecule has 1 amide bonds. The van der Waals surface area contributed by atoms with E-state index < -0.39 is 29.4 Å². The summed E-state index contributed by atoms with van der Waals surface area (Å²) in [5.41, 5.74) is 1.11. The number of aromatic nitrogens is 1. The van der Waals surface area contributed by atoms with Gasteiger partial charge in [0.15, 0.2) is 0 Å². The molecule has 1 aliphatic heterocycles. The second-order valence-corrected chi connectivity index (χ2v) is 6.98. The Balaban J connectivity index is 1.67. The number of carbonyl (C=O) groups is 2. The summed E-state index contributed by atoms with van der Waals surface area (Å²) in [4.78, 5) is 29.8. The number of halogens is 2. The summed E-state index contributed by atoms with van der Waals surface area (Å²) in [6.45, 7) is 0.924. The average molecular weight is 389 g/mol. The topological polar surface area (TPSA) is 82.5 Å². The van der Waals surface area contributed by atoms with Crippen molar-refractivity contribution in [3.8, 4) is 0 Å². The third-order valence-electron chi connectivity index (χ3n) is 4.84. The molecular formula is C20H21F2N3O3. The predicted molar refractivity (Wildman–Crippen MR) is 97.0 cm³/mol. The lowest BCUT2D eigenvalue weighted by atomic mass is 9.88. The molecule has 8 heteroatoms. The van der Waals surface area contributed by atoms with Crippen LogP contribution in [0.2, 0.25) is 0 Å². The minimum absolute atomic E-state index is 0.113. The zero-order chi connectivity index (χ0) is 20.1. The molecular weight excluding hydrogens is 368 g/mol. The van der Waals surface area contributed by atoms with Gasteiger partial charge in [-0.05, 0) is 24.1 Å². The quantitative estimate of drug-likeness (QED) is 0.792. The standard InChI is InChI=1S/C20H21F2N3O3/c21-17-4-3-14(18(22)7-17)10-25-11-15(6-16(12-25)20(27)28)19(26)24-9-13-2-1-5-23-8-13/h1-5,7-8,15-16H,6,9-12H2,(H,24,26)(H,27,28)/t15-,16-/m0/s1. The lowest BCUT2D eigenvalue weighted by Gasteiger charge is -2.35. The number of amides is 1. The largest absolute Gasteiger partial charge is 0.481 e. The van der Waals surface area contributed by atoms with Gasteiger partial charge in [0.25, 0.3) is 0 Å². The monoisotopic (exact) mass is 389 g/mol. The van der Waals surface area contributed by atoms with Gasteiger partial charge in [-0.2, -0.15) is 0 Å². The van der Waals surface area contributed by atoms with Crippen molar-refractivity contribution in [3.63, 3.8) is 0 Å². The lowest BCUT2D eigenvalue weighted by molar-refractivity contribution is -0.145. The third kappa shape index (κ3) is 5.10. The van der Waals surface area contributed by atoms with Crippen LogP contribution in [-0.2, 0) is 22.7 Å². The molecule has 2 atom stereocenters.